The molecule has 0 saturated carbocycles. The lowest BCUT2D eigenvalue weighted by molar-refractivity contribution is 1.08. The van der Waals surface area contributed by atoms with Crippen LogP contribution in [0, 0.1) is 11.3 Å². The molecule has 58 valence electrons. The minimum Gasteiger partial charge on any atom is -0.261 e. The fourth-order valence-corrected chi connectivity index (χ4v) is 1.07. The number of nitrogens with zero attached hydrogens (tertiary/aromatic N) is 4. The average molecular weight is 180 g/mol. The molecular formula is C6H2ClN5. The number of rotatable bonds is 0. The quantitative estimate of drug-likeness (QED) is 0.609. The van der Waals surface area contributed by atoms with Crippen molar-refractivity contribution in [1.29, 1.82) is 5.26 Å². The van der Waals surface area contributed by atoms with Gasteiger partial charge in [-0.15, -0.1) is 0 Å². The van der Waals surface area contributed by atoms with Gasteiger partial charge in [-0.05, 0) is 0 Å². The Hall–Kier alpha value is -1.67. The van der Waals surface area contributed by atoms with Crippen LogP contribution >= 0.6 is 11.6 Å². The summed E-state index contributed by atoms with van der Waals surface area (Å²) in [5.41, 5.74) is 0.478. The number of H-pyrrole nitrogens is 1. The smallest absolute Gasteiger partial charge is 0.235 e. The zero-order valence-corrected chi connectivity index (χ0v) is 6.50. The van der Waals surface area contributed by atoms with Gasteiger partial charge >= 0.3 is 0 Å². The summed E-state index contributed by atoms with van der Waals surface area (Å²) < 4.78 is 0. The van der Waals surface area contributed by atoms with E-state index < -0.39 is 0 Å². The first-order valence-corrected chi connectivity index (χ1v) is 3.46. The zero-order valence-electron chi connectivity index (χ0n) is 5.74. The summed E-state index contributed by atoms with van der Waals surface area (Å²) >= 11 is 5.72. The number of nitrogens with one attached hydrogen (secondary N) is 1. The Labute approximate surface area is 72.0 Å². The van der Waals surface area contributed by atoms with Gasteiger partial charge in [0.25, 0.3) is 0 Å². The van der Waals surface area contributed by atoms with Gasteiger partial charge in [0.15, 0.2) is 5.65 Å². The van der Waals surface area contributed by atoms with E-state index in [0.717, 1.165) is 0 Å². The van der Waals surface area contributed by atoms with E-state index in [0.29, 0.717) is 11.0 Å². The molecule has 0 spiro atoms. The minimum atomic E-state index is 0.0387. The molecule has 0 aromatic carbocycles. The molecule has 2 rings (SSSR count). The number of hydrogen-bond acceptors (Lipinski definition) is 4. The van der Waals surface area contributed by atoms with Crippen LogP contribution in [0.15, 0.2) is 6.20 Å². The van der Waals surface area contributed by atoms with E-state index >= 15 is 0 Å². The Morgan fingerprint density at radius 1 is 1.50 bits per heavy atom. The summed E-state index contributed by atoms with van der Waals surface area (Å²) in [5.74, 6) is 0.0387. The molecule has 2 aromatic heterocycles. The molecule has 0 atom stereocenters. The first-order chi connectivity index (χ1) is 5.81. The van der Waals surface area contributed by atoms with Crippen LogP contribution in [0.4, 0.5) is 0 Å². The van der Waals surface area contributed by atoms with Crippen molar-refractivity contribution in [1.82, 2.24) is 20.2 Å². The second kappa shape index (κ2) is 2.43. The van der Waals surface area contributed by atoms with Crippen molar-refractivity contribution in [2.75, 3.05) is 0 Å². The number of fused-ring (bicyclic) bond motifs is 1. The summed E-state index contributed by atoms with van der Waals surface area (Å²) in [4.78, 5) is 7.57. The van der Waals surface area contributed by atoms with E-state index in [4.69, 9.17) is 16.9 Å². The first kappa shape index (κ1) is 7.00. The summed E-state index contributed by atoms with van der Waals surface area (Å²) in [5, 5.41) is 15.7. The molecule has 2 heterocycles. The lowest BCUT2D eigenvalue weighted by atomic mass is 10.4. The van der Waals surface area contributed by atoms with Gasteiger partial charge in [-0.1, -0.05) is 11.6 Å². The normalized spacial score (nSPS) is 10.0. The van der Waals surface area contributed by atoms with Crippen LogP contribution in [0.25, 0.3) is 11.0 Å². The second-order valence-corrected chi connectivity index (χ2v) is 2.44. The maximum atomic E-state index is 8.49. The molecule has 0 unspecified atom stereocenters. The zero-order chi connectivity index (χ0) is 8.55. The van der Waals surface area contributed by atoms with E-state index in [1.807, 2.05) is 0 Å². The van der Waals surface area contributed by atoms with Crippen molar-refractivity contribution in [3.63, 3.8) is 0 Å². The SMILES string of the molecule is N#Cc1nc(Cl)c2cn[nH]c2n1. The maximum absolute atomic E-state index is 8.49. The molecule has 0 fully saturated rings. The third kappa shape index (κ3) is 0.898. The van der Waals surface area contributed by atoms with Gasteiger partial charge < -0.3 is 0 Å². The summed E-state index contributed by atoms with van der Waals surface area (Å²) in [6.07, 6.45) is 1.51. The summed E-state index contributed by atoms with van der Waals surface area (Å²) in [6, 6.07) is 1.80. The molecular weight excluding hydrogens is 178 g/mol. The van der Waals surface area contributed by atoms with Crippen molar-refractivity contribution in [3.8, 4) is 6.07 Å². The van der Waals surface area contributed by atoms with Crippen molar-refractivity contribution < 1.29 is 0 Å². The van der Waals surface area contributed by atoms with E-state index in [9.17, 15) is 0 Å². The molecule has 0 aliphatic rings. The van der Waals surface area contributed by atoms with Gasteiger partial charge in [0.2, 0.25) is 5.82 Å². The number of aromatic nitrogens is 4. The van der Waals surface area contributed by atoms with Crippen LogP contribution in [0.2, 0.25) is 5.15 Å². The van der Waals surface area contributed by atoms with Crippen molar-refractivity contribution in [2.24, 2.45) is 0 Å². The van der Waals surface area contributed by atoms with Gasteiger partial charge in [-0.3, -0.25) is 5.10 Å². The topological polar surface area (TPSA) is 78.2 Å². The van der Waals surface area contributed by atoms with Gasteiger partial charge in [0.1, 0.15) is 11.2 Å². The highest BCUT2D eigenvalue weighted by Crippen LogP contribution is 2.16. The van der Waals surface area contributed by atoms with E-state index in [2.05, 4.69) is 20.2 Å². The molecule has 0 aliphatic carbocycles. The molecule has 0 aliphatic heterocycles. The maximum Gasteiger partial charge on any atom is 0.235 e. The molecule has 0 radical (unpaired) electrons. The molecule has 6 heteroatoms. The predicted octanol–water partition coefficient (Wildman–Crippen LogP) is 0.878. The number of aromatic amines is 1. The van der Waals surface area contributed by atoms with Gasteiger partial charge in [0, 0.05) is 0 Å². The van der Waals surface area contributed by atoms with Gasteiger partial charge in [-0.25, -0.2) is 4.98 Å². The number of halogens is 1. The lowest BCUT2D eigenvalue weighted by Gasteiger charge is -1.90. The van der Waals surface area contributed by atoms with Crippen LogP contribution < -0.4 is 0 Å². The Balaban J connectivity index is 2.86. The fraction of sp³-hybridized carbons (Fsp3) is 0. The third-order valence-electron chi connectivity index (χ3n) is 1.36. The molecule has 0 amide bonds. The minimum absolute atomic E-state index is 0.0387. The first-order valence-electron chi connectivity index (χ1n) is 3.08. The van der Waals surface area contributed by atoms with Crippen molar-refractivity contribution in [2.45, 2.75) is 0 Å². The Kier molecular flexibility index (Phi) is 1.42. The van der Waals surface area contributed by atoms with E-state index in [1.165, 1.54) is 6.20 Å². The largest absolute Gasteiger partial charge is 0.261 e. The lowest BCUT2D eigenvalue weighted by Crippen LogP contribution is -1.89. The van der Waals surface area contributed by atoms with E-state index in [1.54, 1.807) is 6.07 Å². The molecule has 12 heavy (non-hydrogen) atoms. The molecule has 0 saturated heterocycles. The highest BCUT2D eigenvalue weighted by molar-refractivity contribution is 6.33. The monoisotopic (exact) mass is 179 g/mol. The Morgan fingerprint density at radius 3 is 3.08 bits per heavy atom. The van der Waals surface area contributed by atoms with Crippen molar-refractivity contribution in [3.05, 3.63) is 17.2 Å². The van der Waals surface area contributed by atoms with Gasteiger partial charge in [-0.2, -0.15) is 15.3 Å². The highest BCUT2D eigenvalue weighted by atomic mass is 35.5. The van der Waals surface area contributed by atoms with Crippen LogP contribution in [0.5, 0.6) is 0 Å². The molecule has 0 bridgehead atoms. The van der Waals surface area contributed by atoms with Crippen LogP contribution in [0.3, 0.4) is 0 Å². The second-order valence-electron chi connectivity index (χ2n) is 2.08. The average Bonchev–Trinajstić information content (AvgIpc) is 2.52. The number of nitriles is 1. The number of hydrogen-bond donors (Lipinski definition) is 1. The highest BCUT2D eigenvalue weighted by Gasteiger charge is 2.05. The standard InChI is InChI=1S/C6H2ClN5/c7-5-3-2-9-12-6(3)11-4(1-8)10-5/h2H,(H,9,10,11,12). The third-order valence-corrected chi connectivity index (χ3v) is 1.65. The predicted molar refractivity (Wildman–Crippen MR) is 41.4 cm³/mol. The Bertz CT molecular complexity index is 468. The fourth-order valence-electron chi connectivity index (χ4n) is 0.850. The van der Waals surface area contributed by atoms with Crippen LogP contribution in [-0.4, -0.2) is 20.2 Å². The van der Waals surface area contributed by atoms with Crippen LogP contribution in [-0.2, 0) is 0 Å². The van der Waals surface area contributed by atoms with Gasteiger partial charge in [0.05, 0.1) is 11.6 Å². The van der Waals surface area contributed by atoms with Crippen molar-refractivity contribution >= 4 is 22.6 Å². The summed E-state index contributed by atoms with van der Waals surface area (Å²) in [6.45, 7) is 0. The summed E-state index contributed by atoms with van der Waals surface area (Å²) in [7, 11) is 0. The van der Waals surface area contributed by atoms with E-state index in [-0.39, 0.29) is 11.0 Å². The molecule has 5 nitrogen and oxygen atoms in total. The van der Waals surface area contributed by atoms with Crippen LogP contribution in [0.1, 0.15) is 5.82 Å². The molecule has 1 N–H and O–H groups in total. The molecule has 2 aromatic rings. The Morgan fingerprint density at radius 2 is 2.33 bits per heavy atom.